The number of hydrazine groups is 1. The summed E-state index contributed by atoms with van der Waals surface area (Å²) >= 11 is 0. The molecule has 0 amide bonds. The van der Waals surface area contributed by atoms with Crippen LogP contribution in [0.5, 0.6) is 0 Å². The van der Waals surface area contributed by atoms with Gasteiger partial charge in [0.15, 0.2) is 0 Å². The molecule has 0 aromatic rings. The molecule has 0 fully saturated rings. The Bertz CT molecular complexity index is 114. The van der Waals surface area contributed by atoms with Crippen molar-refractivity contribution in [2.45, 2.75) is 44.8 Å². The molecule has 0 aliphatic carbocycles. The number of hydrogen-bond donors (Lipinski definition) is 2. The van der Waals surface area contributed by atoms with E-state index in [-0.39, 0.29) is 12.5 Å². The fraction of sp³-hybridized carbons (Fsp3) is 1.00. The number of hydrogen-bond acceptors (Lipinski definition) is 2. The van der Waals surface area contributed by atoms with Gasteiger partial charge in [-0.05, 0) is 12.8 Å². The van der Waals surface area contributed by atoms with E-state index in [1.54, 1.807) is 0 Å². The van der Waals surface area contributed by atoms with Gasteiger partial charge in [-0.25, -0.2) is 0 Å². The predicted octanol–water partition coefficient (Wildman–Crippen LogP) is 1.96. The second-order valence-corrected chi connectivity index (χ2v) is 2.81. The molecule has 0 heterocycles. The minimum Gasteiger partial charge on any atom is -0.271 e. The van der Waals surface area contributed by atoms with E-state index in [0.717, 1.165) is 6.42 Å². The summed E-state index contributed by atoms with van der Waals surface area (Å²) in [6, 6.07) is -0.211. The van der Waals surface area contributed by atoms with Crippen molar-refractivity contribution in [1.82, 2.24) is 5.43 Å². The molecular weight excluding hydrogens is 169 g/mol. The normalized spacial score (nSPS) is 14.8. The average Bonchev–Trinajstić information content (AvgIpc) is 1.96. The Morgan fingerprint density at radius 1 is 1.33 bits per heavy atom. The van der Waals surface area contributed by atoms with Gasteiger partial charge in [-0.2, -0.15) is 13.2 Å². The molecule has 2 nitrogen and oxygen atoms in total. The number of nitrogens with one attached hydrogen (secondary N) is 1. The lowest BCUT2D eigenvalue weighted by atomic mass is 10.1. The van der Waals surface area contributed by atoms with Crippen LogP contribution in [0.2, 0.25) is 0 Å². The van der Waals surface area contributed by atoms with Crippen LogP contribution >= 0.6 is 0 Å². The first-order chi connectivity index (χ1) is 5.49. The monoisotopic (exact) mass is 184 g/mol. The molecule has 0 saturated carbocycles. The molecule has 0 aromatic carbocycles. The Kier molecular flexibility index (Phi) is 5.24. The molecule has 0 saturated heterocycles. The predicted molar refractivity (Wildman–Crippen MR) is 41.3 cm³/mol. The van der Waals surface area contributed by atoms with Gasteiger partial charge in [0.1, 0.15) is 0 Å². The van der Waals surface area contributed by atoms with Gasteiger partial charge in [-0.1, -0.05) is 13.3 Å². The van der Waals surface area contributed by atoms with Crippen molar-refractivity contribution in [1.29, 1.82) is 0 Å². The molecule has 5 heteroatoms. The summed E-state index contributed by atoms with van der Waals surface area (Å²) in [5.74, 6) is 5.07. The molecule has 0 aliphatic rings. The van der Waals surface area contributed by atoms with E-state index >= 15 is 0 Å². The number of rotatable bonds is 5. The van der Waals surface area contributed by atoms with Gasteiger partial charge in [0, 0.05) is 12.5 Å². The summed E-state index contributed by atoms with van der Waals surface area (Å²) in [5.41, 5.74) is 2.38. The maximum absolute atomic E-state index is 11.7. The van der Waals surface area contributed by atoms with Crippen molar-refractivity contribution in [3.63, 3.8) is 0 Å². The smallest absolute Gasteiger partial charge is 0.271 e. The molecule has 0 spiro atoms. The number of nitrogens with two attached hydrogens (primary N) is 1. The van der Waals surface area contributed by atoms with Crippen LogP contribution in [0.3, 0.4) is 0 Å². The minimum absolute atomic E-state index is 0.0633. The van der Waals surface area contributed by atoms with Crippen LogP contribution in [0.1, 0.15) is 32.6 Å². The Morgan fingerprint density at radius 3 is 2.25 bits per heavy atom. The first-order valence-electron chi connectivity index (χ1n) is 4.02. The van der Waals surface area contributed by atoms with Crippen molar-refractivity contribution >= 4 is 0 Å². The molecule has 0 bridgehead atoms. The molecule has 12 heavy (non-hydrogen) atoms. The highest BCUT2D eigenvalue weighted by Crippen LogP contribution is 2.22. The van der Waals surface area contributed by atoms with Gasteiger partial charge in [0.25, 0.3) is 0 Å². The van der Waals surface area contributed by atoms with Crippen molar-refractivity contribution in [3.8, 4) is 0 Å². The molecule has 1 atom stereocenters. The van der Waals surface area contributed by atoms with Crippen LogP contribution in [0.4, 0.5) is 13.2 Å². The first kappa shape index (κ1) is 11.7. The first-order valence-corrected chi connectivity index (χ1v) is 4.02. The zero-order valence-corrected chi connectivity index (χ0v) is 7.12. The van der Waals surface area contributed by atoms with Crippen LogP contribution in [0, 0.1) is 0 Å². The Balaban J connectivity index is 3.58. The summed E-state index contributed by atoms with van der Waals surface area (Å²) < 4.78 is 35.2. The van der Waals surface area contributed by atoms with Crippen LogP contribution in [-0.4, -0.2) is 12.2 Å². The summed E-state index contributed by atoms with van der Waals surface area (Å²) in [6.45, 7) is 1.91. The van der Waals surface area contributed by atoms with Gasteiger partial charge in [-0.3, -0.25) is 11.3 Å². The number of alkyl halides is 3. The Hall–Kier alpha value is -0.290. The second kappa shape index (κ2) is 5.37. The van der Waals surface area contributed by atoms with E-state index in [4.69, 9.17) is 5.84 Å². The maximum Gasteiger partial charge on any atom is 0.389 e. The lowest BCUT2D eigenvalue weighted by molar-refractivity contribution is -0.136. The van der Waals surface area contributed by atoms with E-state index in [1.807, 2.05) is 6.92 Å². The van der Waals surface area contributed by atoms with Gasteiger partial charge in [-0.15, -0.1) is 0 Å². The van der Waals surface area contributed by atoms with Crippen molar-refractivity contribution in [3.05, 3.63) is 0 Å². The van der Waals surface area contributed by atoms with Crippen molar-refractivity contribution < 1.29 is 13.2 Å². The second-order valence-electron chi connectivity index (χ2n) is 2.81. The van der Waals surface area contributed by atoms with Crippen molar-refractivity contribution in [2.75, 3.05) is 0 Å². The SMILES string of the molecule is CCCC(CCC(F)(F)F)NN. The molecule has 3 N–H and O–H groups in total. The third kappa shape index (κ3) is 6.42. The summed E-state index contributed by atoms with van der Waals surface area (Å²) in [6.07, 6.45) is -3.24. The summed E-state index contributed by atoms with van der Waals surface area (Å²) in [4.78, 5) is 0. The standard InChI is InChI=1S/C7H15F3N2/c1-2-3-6(12-11)4-5-7(8,9)10/h6,12H,2-5,11H2,1H3. The highest BCUT2D eigenvalue weighted by Gasteiger charge is 2.27. The molecule has 0 rings (SSSR count). The third-order valence-corrected chi connectivity index (χ3v) is 1.65. The molecule has 74 valence electrons. The lowest BCUT2D eigenvalue weighted by Gasteiger charge is -2.15. The van der Waals surface area contributed by atoms with Crippen LogP contribution in [-0.2, 0) is 0 Å². The zero-order valence-electron chi connectivity index (χ0n) is 7.12. The fourth-order valence-electron chi connectivity index (χ4n) is 0.997. The summed E-state index contributed by atoms with van der Waals surface area (Å²) in [7, 11) is 0. The van der Waals surface area contributed by atoms with E-state index in [1.165, 1.54) is 0 Å². The zero-order chi connectivity index (χ0) is 9.61. The highest BCUT2D eigenvalue weighted by molar-refractivity contribution is 4.65. The van der Waals surface area contributed by atoms with Gasteiger partial charge in [0.2, 0.25) is 0 Å². The van der Waals surface area contributed by atoms with E-state index < -0.39 is 12.6 Å². The van der Waals surface area contributed by atoms with Crippen molar-refractivity contribution in [2.24, 2.45) is 5.84 Å². The van der Waals surface area contributed by atoms with Crippen LogP contribution in [0.25, 0.3) is 0 Å². The molecule has 0 radical (unpaired) electrons. The minimum atomic E-state index is -4.07. The van der Waals surface area contributed by atoms with Gasteiger partial charge < -0.3 is 0 Å². The molecule has 0 aromatic heterocycles. The van der Waals surface area contributed by atoms with Gasteiger partial charge in [0.05, 0.1) is 0 Å². The fourth-order valence-corrected chi connectivity index (χ4v) is 0.997. The highest BCUT2D eigenvalue weighted by atomic mass is 19.4. The Morgan fingerprint density at radius 2 is 1.92 bits per heavy atom. The number of halogens is 3. The van der Waals surface area contributed by atoms with Crippen LogP contribution in [0.15, 0.2) is 0 Å². The molecule has 0 aliphatic heterocycles. The molecule has 1 unspecified atom stereocenters. The van der Waals surface area contributed by atoms with Crippen LogP contribution < -0.4 is 11.3 Å². The third-order valence-electron chi connectivity index (χ3n) is 1.65. The summed E-state index contributed by atoms with van der Waals surface area (Å²) in [5, 5.41) is 0. The maximum atomic E-state index is 11.7. The quantitative estimate of drug-likeness (QED) is 0.506. The van der Waals surface area contributed by atoms with E-state index in [2.05, 4.69) is 5.43 Å². The van der Waals surface area contributed by atoms with E-state index in [0.29, 0.717) is 6.42 Å². The molecular formula is C7H15F3N2. The Labute approximate surface area is 70.3 Å². The van der Waals surface area contributed by atoms with E-state index in [9.17, 15) is 13.2 Å². The van der Waals surface area contributed by atoms with Gasteiger partial charge >= 0.3 is 6.18 Å². The largest absolute Gasteiger partial charge is 0.389 e. The lowest BCUT2D eigenvalue weighted by Crippen LogP contribution is -2.35. The average molecular weight is 184 g/mol. The topological polar surface area (TPSA) is 38.0 Å².